The van der Waals surface area contributed by atoms with Crippen molar-refractivity contribution in [2.45, 2.75) is 34.1 Å². The monoisotopic (exact) mass is 440 g/mol. The number of aliphatic carboxylic acids is 1. The van der Waals surface area contributed by atoms with Crippen LogP contribution in [0.3, 0.4) is 0 Å². The molecule has 9 heteroatoms. The molecule has 1 unspecified atom stereocenters. The van der Waals surface area contributed by atoms with Gasteiger partial charge in [-0.15, -0.1) is 13.2 Å². The summed E-state index contributed by atoms with van der Waals surface area (Å²) in [7, 11) is 1.29. The first kappa shape index (κ1) is 24.2. The molecule has 1 aromatic carbocycles. The molecule has 31 heavy (non-hydrogen) atoms. The molecule has 0 saturated carbocycles. The number of rotatable bonds is 7. The average molecular weight is 440 g/mol. The lowest BCUT2D eigenvalue weighted by Gasteiger charge is -2.39. The molecule has 2 rings (SSSR count). The molecule has 6 nitrogen and oxygen atoms in total. The number of carboxylic acids is 1. The van der Waals surface area contributed by atoms with Gasteiger partial charge in [0.1, 0.15) is 5.75 Å². The van der Waals surface area contributed by atoms with Gasteiger partial charge < -0.3 is 14.7 Å². The fourth-order valence-corrected chi connectivity index (χ4v) is 3.47. The molecule has 0 aromatic heterocycles. The SMILES string of the molecule is COOC1=C(C)C(C(=O)O)=C(C)C(C)(C)C1C=CC(=O)c1ccc(OC(F)(F)F)cc1. The van der Waals surface area contributed by atoms with Gasteiger partial charge in [0.2, 0.25) is 0 Å². The van der Waals surface area contributed by atoms with Crippen molar-refractivity contribution < 1.29 is 42.4 Å². The molecule has 0 radical (unpaired) electrons. The van der Waals surface area contributed by atoms with Crippen molar-refractivity contribution in [2.24, 2.45) is 11.3 Å². The summed E-state index contributed by atoms with van der Waals surface area (Å²) in [6.07, 6.45) is -1.97. The summed E-state index contributed by atoms with van der Waals surface area (Å²) < 4.78 is 40.6. The third kappa shape index (κ3) is 5.35. The number of ketones is 1. The maximum absolute atomic E-state index is 12.6. The normalized spacial score (nSPS) is 19.0. The van der Waals surface area contributed by atoms with Gasteiger partial charge in [0, 0.05) is 17.1 Å². The molecular formula is C22H23F3O6. The van der Waals surface area contributed by atoms with Crippen LogP contribution < -0.4 is 4.74 Å². The molecule has 0 amide bonds. The van der Waals surface area contributed by atoms with Crippen LogP contribution in [0.4, 0.5) is 13.2 Å². The molecule has 0 spiro atoms. The van der Waals surface area contributed by atoms with Crippen LogP contribution in [0.1, 0.15) is 38.1 Å². The van der Waals surface area contributed by atoms with E-state index in [0.29, 0.717) is 11.1 Å². The van der Waals surface area contributed by atoms with E-state index in [9.17, 15) is 27.9 Å². The Hall–Kier alpha value is -3.07. The lowest BCUT2D eigenvalue weighted by molar-refractivity contribution is -0.274. The number of benzene rings is 1. The second-order valence-electron chi connectivity index (χ2n) is 7.54. The number of halogens is 3. The number of hydrogen-bond acceptors (Lipinski definition) is 5. The number of carbonyl (C=O) groups excluding carboxylic acids is 1. The topological polar surface area (TPSA) is 82.1 Å². The predicted molar refractivity (Wildman–Crippen MR) is 105 cm³/mol. The van der Waals surface area contributed by atoms with E-state index in [1.165, 1.54) is 25.3 Å². The Balaban J connectivity index is 2.35. The summed E-state index contributed by atoms with van der Waals surface area (Å²) in [4.78, 5) is 34.3. The van der Waals surface area contributed by atoms with E-state index in [4.69, 9.17) is 9.78 Å². The predicted octanol–water partition coefficient (Wildman–Crippen LogP) is 5.23. The largest absolute Gasteiger partial charge is 0.573 e. The van der Waals surface area contributed by atoms with Gasteiger partial charge in [-0.1, -0.05) is 25.5 Å². The summed E-state index contributed by atoms with van der Waals surface area (Å²) in [6, 6.07) is 4.55. The maximum Gasteiger partial charge on any atom is 0.573 e. The third-order valence-electron chi connectivity index (χ3n) is 5.35. The quantitative estimate of drug-likeness (QED) is 0.271. The Morgan fingerprint density at radius 1 is 1.13 bits per heavy atom. The minimum Gasteiger partial charge on any atom is -0.478 e. The number of carbonyl (C=O) groups is 2. The highest BCUT2D eigenvalue weighted by Gasteiger charge is 2.42. The molecule has 1 aliphatic rings. The Labute approximate surface area is 177 Å². The van der Waals surface area contributed by atoms with Crippen molar-refractivity contribution >= 4 is 11.8 Å². The minimum absolute atomic E-state index is 0.119. The highest BCUT2D eigenvalue weighted by Crippen LogP contribution is 2.48. The van der Waals surface area contributed by atoms with Crippen LogP contribution in [0.25, 0.3) is 0 Å². The van der Waals surface area contributed by atoms with Gasteiger partial charge in [-0.05, 0) is 49.6 Å². The first-order chi connectivity index (χ1) is 14.3. The van der Waals surface area contributed by atoms with Crippen LogP contribution >= 0.6 is 0 Å². The zero-order chi connectivity index (χ0) is 23.6. The van der Waals surface area contributed by atoms with E-state index in [2.05, 4.69) is 4.74 Å². The van der Waals surface area contributed by atoms with E-state index in [1.54, 1.807) is 19.9 Å². The van der Waals surface area contributed by atoms with Crippen molar-refractivity contribution in [3.8, 4) is 5.75 Å². The molecule has 0 aliphatic heterocycles. The molecule has 0 fully saturated rings. The average Bonchev–Trinajstić information content (AvgIpc) is 2.65. The highest BCUT2D eigenvalue weighted by atomic mass is 19.4. The third-order valence-corrected chi connectivity index (χ3v) is 5.35. The van der Waals surface area contributed by atoms with E-state index >= 15 is 0 Å². The molecule has 1 aromatic rings. The zero-order valence-corrected chi connectivity index (χ0v) is 17.7. The number of ether oxygens (including phenoxy) is 1. The summed E-state index contributed by atoms with van der Waals surface area (Å²) in [6.45, 7) is 6.94. The van der Waals surface area contributed by atoms with Crippen molar-refractivity contribution in [1.29, 1.82) is 0 Å². The fraction of sp³-hybridized carbons (Fsp3) is 0.364. The van der Waals surface area contributed by atoms with Crippen molar-refractivity contribution in [2.75, 3.05) is 7.11 Å². The minimum atomic E-state index is -4.82. The molecule has 1 N–H and O–H groups in total. The first-order valence-electron chi connectivity index (χ1n) is 9.24. The summed E-state index contributed by atoms with van der Waals surface area (Å²) in [5.41, 5.74) is 0.544. The van der Waals surface area contributed by atoms with Gasteiger partial charge in [0.25, 0.3) is 0 Å². The van der Waals surface area contributed by atoms with Gasteiger partial charge in [-0.3, -0.25) is 4.79 Å². The van der Waals surface area contributed by atoms with Crippen LogP contribution in [0, 0.1) is 11.3 Å². The van der Waals surface area contributed by atoms with Gasteiger partial charge in [0.15, 0.2) is 11.5 Å². The highest BCUT2D eigenvalue weighted by molar-refractivity contribution is 6.04. The second kappa shape index (κ2) is 8.97. The van der Waals surface area contributed by atoms with E-state index in [1.807, 2.05) is 13.8 Å². The Kier molecular flexibility index (Phi) is 7.00. The smallest absolute Gasteiger partial charge is 0.478 e. The van der Waals surface area contributed by atoms with Crippen LogP contribution in [-0.2, 0) is 14.6 Å². The van der Waals surface area contributed by atoms with Gasteiger partial charge in [-0.25, -0.2) is 4.79 Å². The van der Waals surface area contributed by atoms with Crippen molar-refractivity contribution in [3.63, 3.8) is 0 Å². The van der Waals surface area contributed by atoms with Crippen LogP contribution in [0.5, 0.6) is 5.75 Å². The summed E-state index contributed by atoms with van der Waals surface area (Å²) in [5.74, 6) is -2.24. The lowest BCUT2D eigenvalue weighted by Crippen LogP contribution is -2.33. The van der Waals surface area contributed by atoms with Crippen molar-refractivity contribution in [1.82, 2.24) is 0 Å². The summed E-state index contributed by atoms with van der Waals surface area (Å²) >= 11 is 0. The standard InChI is InChI=1S/C22H23F3O6/c1-12-18(20(27)28)13(2)21(3,4)16(19(12)31-29-5)10-11-17(26)14-6-8-15(9-7-14)30-22(23,24)25/h6-11,16H,1-5H3,(H,27,28). The molecule has 168 valence electrons. The molecule has 1 aliphatic carbocycles. The molecule has 1 atom stereocenters. The van der Waals surface area contributed by atoms with E-state index < -0.39 is 35.2 Å². The van der Waals surface area contributed by atoms with E-state index in [-0.39, 0.29) is 16.9 Å². The van der Waals surface area contributed by atoms with Gasteiger partial charge >= 0.3 is 12.3 Å². The van der Waals surface area contributed by atoms with E-state index in [0.717, 1.165) is 12.1 Å². The summed E-state index contributed by atoms with van der Waals surface area (Å²) in [5, 5.41) is 9.60. The van der Waals surface area contributed by atoms with Crippen LogP contribution in [-0.4, -0.2) is 30.3 Å². The Bertz CT molecular complexity index is 952. The van der Waals surface area contributed by atoms with Crippen molar-refractivity contribution in [3.05, 3.63) is 64.5 Å². The molecule has 0 saturated heterocycles. The Morgan fingerprint density at radius 2 is 1.71 bits per heavy atom. The number of hydrogen-bond donors (Lipinski definition) is 1. The molecular weight excluding hydrogens is 417 g/mol. The number of allylic oxidation sites excluding steroid dienone is 3. The van der Waals surface area contributed by atoms with Crippen LogP contribution in [0.2, 0.25) is 0 Å². The van der Waals surface area contributed by atoms with Crippen LogP contribution in [0.15, 0.2) is 58.9 Å². The first-order valence-corrected chi connectivity index (χ1v) is 9.24. The fourth-order valence-electron chi connectivity index (χ4n) is 3.47. The maximum atomic E-state index is 12.6. The molecule has 0 bridgehead atoms. The van der Waals surface area contributed by atoms with Gasteiger partial charge in [-0.2, -0.15) is 4.89 Å². The number of alkyl halides is 3. The Morgan fingerprint density at radius 3 is 2.19 bits per heavy atom. The second-order valence-corrected chi connectivity index (χ2v) is 7.54. The molecule has 0 heterocycles. The lowest BCUT2D eigenvalue weighted by atomic mass is 9.66. The zero-order valence-electron chi connectivity index (χ0n) is 17.7. The number of carboxylic acid groups (broad SMARTS) is 1. The van der Waals surface area contributed by atoms with Gasteiger partial charge in [0.05, 0.1) is 12.7 Å².